The van der Waals surface area contributed by atoms with Gasteiger partial charge in [0.25, 0.3) is 11.5 Å². The summed E-state index contributed by atoms with van der Waals surface area (Å²) in [7, 11) is 0. The molecule has 0 aliphatic heterocycles. The molecule has 0 spiro atoms. The van der Waals surface area contributed by atoms with Crippen molar-refractivity contribution in [1.82, 2.24) is 25.0 Å². The number of non-ortho nitro benzene ring substituents is 1. The average molecular weight is 353 g/mol. The molecule has 132 valence electrons. The molecule has 0 saturated heterocycles. The highest BCUT2D eigenvalue weighted by atomic mass is 16.6. The first-order valence-electron chi connectivity index (χ1n) is 7.65. The maximum atomic E-state index is 12.2. The lowest BCUT2D eigenvalue weighted by atomic mass is 10.1. The Morgan fingerprint density at radius 1 is 1.23 bits per heavy atom. The van der Waals surface area contributed by atoms with Gasteiger partial charge in [-0.25, -0.2) is 14.9 Å². The number of fused-ring (bicyclic) bond motifs is 1. The van der Waals surface area contributed by atoms with E-state index in [1.54, 1.807) is 19.1 Å². The minimum absolute atomic E-state index is 0.0161. The SMILES string of the molecule is C/C(=N/NC(=O)c1nc2nc(C)cc(C)n2n1)c1ccc([N+](=O)[O-])cc1. The fraction of sp³-hybridized carbons (Fsp3) is 0.188. The highest BCUT2D eigenvalue weighted by molar-refractivity contribution is 6.00. The van der Waals surface area contributed by atoms with E-state index in [0.29, 0.717) is 17.1 Å². The van der Waals surface area contributed by atoms with Crippen molar-refractivity contribution in [2.24, 2.45) is 5.10 Å². The zero-order valence-corrected chi connectivity index (χ0v) is 14.3. The summed E-state index contributed by atoms with van der Waals surface area (Å²) < 4.78 is 1.48. The molecule has 0 aliphatic carbocycles. The quantitative estimate of drug-likeness (QED) is 0.433. The Morgan fingerprint density at radius 3 is 2.58 bits per heavy atom. The number of nitrogens with zero attached hydrogens (tertiary/aromatic N) is 6. The van der Waals surface area contributed by atoms with Crippen LogP contribution in [0.25, 0.3) is 5.78 Å². The normalized spacial score (nSPS) is 11.6. The van der Waals surface area contributed by atoms with Gasteiger partial charge in [-0.15, -0.1) is 5.10 Å². The van der Waals surface area contributed by atoms with Gasteiger partial charge in [0.2, 0.25) is 5.82 Å². The minimum atomic E-state index is -0.575. The fourth-order valence-electron chi connectivity index (χ4n) is 2.34. The van der Waals surface area contributed by atoms with Crippen LogP contribution < -0.4 is 5.43 Å². The van der Waals surface area contributed by atoms with Crippen molar-refractivity contribution in [1.29, 1.82) is 0 Å². The van der Waals surface area contributed by atoms with Crippen LogP contribution >= 0.6 is 0 Å². The van der Waals surface area contributed by atoms with Crippen LogP contribution in [-0.2, 0) is 0 Å². The predicted molar refractivity (Wildman–Crippen MR) is 93.0 cm³/mol. The second-order valence-electron chi connectivity index (χ2n) is 5.63. The molecule has 0 unspecified atom stereocenters. The van der Waals surface area contributed by atoms with Crippen molar-refractivity contribution < 1.29 is 9.72 Å². The summed E-state index contributed by atoms with van der Waals surface area (Å²) in [6.07, 6.45) is 0. The molecule has 0 atom stereocenters. The van der Waals surface area contributed by atoms with Gasteiger partial charge in [-0.05, 0) is 44.5 Å². The molecule has 0 fully saturated rings. The smallest absolute Gasteiger partial charge is 0.264 e. The largest absolute Gasteiger partial charge is 0.311 e. The number of nitro groups is 1. The lowest BCUT2D eigenvalue weighted by Crippen LogP contribution is -2.20. The second-order valence-corrected chi connectivity index (χ2v) is 5.63. The van der Waals surface area contributed by atoms with E-state index in [1.165, 1.54) is 16.6 Å². The van der Waals surface area contributed by atoms with Gasteiger partial charge >= 0.3 is 5.91 Å². The molecular formula is C16H15N7O3. The molecule has 26 heavy (non-hydrogen) atoms. The number of hydrazone groups is 1. The van der Waals surface area contributed by atoms with E-state index in [2.05, 4.69) is 25.6 Å². The summed E-state index contributed by atoms with van der Waals surface area (Å²) in [6, 6.07) is 7.69. The van der Waals surface area contributed by atoms with Gasteiger partial charge in [0.1, 0.15) is 0 Å². The number of nitrogens with one attached hydrogen (secondary N) is 1. The maximum Gasteiger partial charge on any atom is 0.311 e. The number of hydrogen-bond acceptors (Lipinski definition) is 7. The summed E-state index contributed by atoms with van der Waals surface area (Å²) in [5.41, 5.74) is 5.08. The zero-order valence-electron chi connectivity index (χ0n) is 14.3. The van der Waals surface area contributed by atoms with Crippen molar-refractivity contribution >= 4 is 23.1 Å². The van der Waals surface area contributed by atoms with E-state index >= 15 is 0 Å². The molecule has 2 heterocycles. The fourth-order valence-corrected chi connectivity index (χ4v) is 2.34. The van der Waals surface area contributed by atoms with E-state index in [-0.39, 0.29) is 11.5 Å². The first kappa shape index (κ1) is 17.1. The number of rotatable bonds is 4. The molecule has 0 bridgehead atoms. The Kier molecular flexibility index (Phi) is 4.40. The van der Waals surface area contributed by atoms with Crippen molar-refractivity contribution in [2.75, 3.05) is 0 Å². The first-order valence-corrected chi connectivity index (χ1v) is 7.65. The number of hydrogen-bond donors (Lipinski definition) is 1. The van der Waals surface area contributed by atoms with Gasteiger partial charge in [-0.2, -0.15) is 10.1 Å². The van der Waals surface area contributed by atoms with Gasteiger partial charge in [0, 0.05) is 23.5 Å². The Balaban J connectivity index is 1.78. The van der Waals surface area contributed by atoms with Crippen molar-refractivity contribution in [3.8, 4) is 0 Å². The molecule has 0 radical (unpaired) electrons. The molecule has 3 rings (SSSR count). The van der Waals surface area contributed by atoms with Crippen LogP contribution in [0.2, 0.25) is 0 Å². The van der Waals surface area contributed by atoms with Gasteiger partial charge in [-0.3, -0.25) is 14.9 Å². The van der Waals surface area contributed by atoms with Crippen molar-refractivity contribution in [3.63, 3.8) is 0 Å². The molecule has 1 aromatic carbocycles. The Labute approximate surface area is 147 Å². The number of nitro benzene ring substituents is 1. The Hall–Kier alpha value is -3.69. The van der Waals surface area contributed by atoms with E-state index in [0.717, 1.165) is 11.4 Å². The van der Waals surface area contributed by atoms with Crippen molar-refractivity contribution in [2.45, 2.75) is 20.8 Å². The van der Waals surface area contributed by atoms with Crippen LogP contribution in [0.3, 0.4) is 0 Å². The van der Waals surface area contributed by atoms with Crippen LogP contribution in [0.4, 0.5) is 5.69 Å². The second kappa shape index (κ2) is 6.67. The van der Waals surface area contributed by atoms with Crippen LogP contribution in [-0.4, -0.2) is 36.1 Å². The third-order valence-corrected chi connectivity index (χ3v) is 3.64. The summed E-state index contributed by atoms with van der Waals surface area (Å²) in [5, 5.41) is 18.8. The highest BCUT2D eigenvalue weighted by Crippen LogP contribution is 2.12. The summed E-state index contributed by atoms with van der Waals surface area (Å²) in [4.78, 5) is 30.7. The van der Waals surface area contributed by atoms with E-state index < -0.39 is 10.8 Å². The summed E-state index contributed by atoms with van der Waals surface area (Å²) >= 11 is 0. The molecule has 0 saturated carbocycles. The Bertz CT molecular complexity index is 1040. The predicted octanol–water partition coefficient (Wildman–Crippen LogP) is 1.80. The molecule has 3 aromatic rings. The number of aryl methyl sites for hydroxylation is 2. The molecular weight excluding hydrogens is 338 g/mol. The number of amides is 1. The third kappa shape index (κ3) is 3.38. The van der Waals surface area contributed by atoms with Gasteiger partial charge in [-0.1, -0.05) is 0 Å². The maximum absolute atomic E-state index is 12.2. The number of carbonyl (C=O) groups excluding carboxylic acids is 1. The highest BCUT2D eigenvalue weighted by Gasteiger charge is 2.15. The topological polar surface area (TPSA) is 128 Å². The lowest BCUT2D eigenvalue weighted by molar-refractivity contribution is -0.384. The number of benzene rings is 1. The monoisotopic (exact) mass is 353 g/mol. The van der Waals surface area contributed by atoms with E-state index in [9.17, 15) is 14.9 Å². The molecule has 10 nitrogen and oxygen atoms in total. The summed E-state index contributed by atoms with van der Waals surface area (Å²) in [5.74, 6) is -0.288. The number of aromatic nitrogens is 4. The van der Waals surface area contributed by atoms with E-state index in [4.69, 9.17) is 0 Å². The average Bonchev–Trinajstić information content (AvgIpc) is 3.04. The van der Waals surface area contributed by atoms with Crippen LogP contribution in [0.1, 0.15) is 34.5 Å². The zero-order chi connectivity index (χ0) is 18.8. The van der Waals surface area contributed by atoms with Gasteiger partial charge < -0.3 is 0 Å². The van der Waals surface area contributed by atoms with Crippen molar-refractivity contribution in [3.05, 3.63) is 63.2 Å². The van der Waals surface area contributed by atoms with Crippen LogP contribution in [0.15, 0.2) is 35.4 Å². The minimum Gasteiger partial charge on any atom is -0.264 e. The molecule has 10 heteroatoms. The van der Waals surface area contributed by atoms with Crippen LogP contribution in [0.5, 0.6) is 0 Å². The Morgan fingerprint density at radius 2 is 1.92 bits per heavy atom. The molecule has 1 amide bonds. The standard InChI is InChI=1S/C16H15N7O3/c1-9-8-10(2)22-16(17-9)18-14(21-22)15(24)20-19-11(3)12-4-6-13(7-5-12)23(25)26/h4-8H,1-3H3,(H,20,24)/b19-11-. The van der Waals surface area contributed by atoms with Gasteiger partial charge in [0.05, 0.1) is 10.6 Å². The summed E-state index contributed by atoms with van der Waals surface area (Å²) in [6.45, 7) is 5.35. The molecule has 2 aromatic heterocycles. The van der Waals surface area contributed by atoms with Gasteiger partial charge in [0.15, 0.2) is 0 Å². The molecule has 1 N–H and O–H groups in total. The molecule has 0 aliphatic rings. The number of carbonyl (C=O) groups is 1. The first-order chi connectivity index (χ1) is 12.3. The third-order valence-electron chi connectivity index (χ3n) is 3.64. The van der Waals surface area contributed by atoms with E-state index in [1.807, 2.05) is 19.9 Å². The lowest BCUT2D eigenvalue weighted by Gasteiger charge is -2.01. The van der Waals surface area contributed by atoms with Crippen LogP contribution in [0, 0.1) is 24.0 Å².